The molecule has 0 atom stereocenters. The van der Waals surface area contributed by atoms with E-state index < -0.39 is 17.8 Å². The summed E-state index contributed by atoms with van der Waals surface area (Å²) in [6, 6.07) is 17.2. The second-order valence-corrected chi connectivity index (χ2v) is 8.57. The smallest absolute Gasteiger partial charge is 0.343 e. The molecule has 4 rings (SSSR count). The summed E-state index contributed by atoms with van der Waals surface area (Å²) < 4.78 is 5.45. The zero-order valence-corrected chi connectivity index (χ0v) is 20.0. The molecule has 0 saturated carbocycles. The zero-order chi connectivity index (χ0) is 24.6. The van der Waals surface area contributed by atoms with E-state index in [9.17, 15) is 14.4 Å². The lowest BCUT2D eigenvalue weighted by Gasteiger charge is -2.18. The van der Waals surface area contributed by atoms with Crippen LogP contribution in [0.3, 0.4) is 0 Å². The molecule has 7 heteroatoms. The summed E-state index contributed by atoms with van der Waals surface area (Å²) in [4.78, 5) is 39.4. The molecule has 0 radical (unpaired) electrons. The van der Waals surface area contributed by atoms with Crippen molar-refractivity contribution >= 4 is 40.8 Å². The number of carbonyl (C=O) groups excluding carboxylic acids is 3. The van der Waals surface area contributed by atoms with Crippen molar-refractivity contribution in [2.45, 2.75) is 27.7 Å². The first-order valence-electron chi connectivity index (χ1n) is 10.7. The van der Waals surface area contributed by atoms with Crippen molar-refractivity contribution in [2.75, 3.05) is 10.2 Å². The average Bonchev–Trinajstić information content (AvgIpc) is 3.02. The van der Waals surface area contributed by atoms with Gasteiger partial charge < -0.3 is 10.1 Å². The van der Waals surface area contributed by atoms with E-state index in [2.05, 4.69) is 5.32 Å². The molecule has 2 amide bonds. The summed E-state index contributed by atoms with van der Waals surface area (Å²) in [6.07, 6.45) is 0. The van der Waals surface area contributed by atoms with Gasteiger partial charge in [-0.1, -0.05) is 29.8 Å². The number of nitrogens with one attached hydrogen (secondary N) is 1. The molecule has 1 aliphatic heterocycles. The van der Waals surface area contributed by atoms with Crippen LogP contribution in [0.25, 0.3) is 0 Å². The Hall–Kier alpha value is -3.90. The fourth-order valence-corrected chi connectivity index (χ4v) is 3.80. The highest BCUT2D eigenvalue weighted by molar-refractivity contribution is 6.53. The van der Waals surface area contributed by atoms with Crippen LogP contribution in [-0.2, 0) is 9.59 Å². The number of esters is 1. The van der Waals surface area contributed by atoms with Gasteiger partial charge in [0.2, 0.25) is 0 Å². The third-order valence-corrected chi connectivity index (χ3v) is 6.27. The summed E-state index contributed by atoms with van der Waals surface area (Å²) in [5.41, 5.74) is 5.24. The van der Waals surface area contributed by atoms with Crippen molar-refractivity contribution in [1.82, 2.24) is 0 Å². The first-order valence-corrected chi connectivity index (χ1v) is 11.1. The normalized spacial score (nSPS) is 13.5. The van der Waals surface area contributed by atoms with E-state index >= 15 is 0 Å². The Morgan fingerprint density at radius 1 is 0.853 bits per heavy atom. The SMILES string of the molecule is Cc1ccc(OC(=O)c2ccc(NC3=C(Cl)C(=O)N(c4cccc(C)c4C)C3=O)cc2)cc1C. The maximum Gasteiger partial charge on any atom is 0.343 e. The molecule has 172 valence electrons. The van der Waals surface area contributed by atoms with Crippen molar-refractivity contribution in [3.63, 3.8) is 0 Å². The minimum atomic E-state index is -0.587. The summed E-state index contributed by atoms with van der Waals surface area (Å²) in [5.74, 6) is -1.16. The van der Waals surface area contributed by atoms with E-state index in [1.165, 1.54) is 0 Å². The van der Waals surface area contributed by atoms with E-state index in [4.69, 9.17) is 16.3 Å². The Balaban J connectivity index is 1.50. The van der Waals surface area contributed by atoms with Crippen molar-refractivity contribution in [2.24, 2.45) is 0 Å². The second-order valence-electron chi connectivity index (χ2n) is 8.19. The summed E-state index contributed by atoms with van der Waals surface area (Å²) in [5, 5.41) is 2.73. The molecule has 0 aliphatic carbocycles. The molecule has 6 nitrogen and oxygen atoms in total. The third-order valence-electron chi connectivity index (χ3n) is 5.92. The Bertz CT molecular complexity index is 1360. The van der Waals surface area contributed by atoms with Crippen molar-refractivity contribution in [1.29, 1.82) is 0 Å². The maximum atomic E-state index is 13.1. The number of carbonyl (C=O) groups is 3. The van der Waals surface area contributed by atoms with Crippen LogP contribution < -0.4 is 15.0 Å². The van der Waals surface area contributed by atoms with Crippen LogP contribution in [0.15, 0.2) is 71.4 Å². The molecule has 0 unspecified atom stereocenters. The topological polar surface area (TPSA) is 75.7 Å². The predicted molar refractivity (Wildman–Crippen MR) is 132 cm³/mol. The van der Waals surface area contributed by atoms with Gasteiger partial charge in [-0.25, -0.2) is 9.69 Å². The Morgan fingerprint density at radius 2 is 1.56 bits per heavy atom. The molecular formula is C27H23ClN2O4. The van der Waals surface area contributed by atoms with Crippen LogP contribution in [-0.4, -0.2) is 17.8 Å². The molecule has 34 heavy (non-hydrogen) atoms. The van der Waals surface area contributed by atoms with Gasteiger partial charge in [-0.05, 0) is 92.4 Å². The quantitative estimate of drug-likeness (QED) is 0.297. The number of hydrogen-bond acceptors (Lipinski definition) is 5. The molecular weight excluding hydrogens is 452 g/mol. The Morgan fingerprint density at radius 3 is 2.24 bits per heavy atom. The molecule has 1 aliphatic rings. The van der Waals surface area contributed by atoms with E-state index in [0.29, 0.717) is 22.7 Å². The highest BCUT2D eigenvalue weighted by Crippen LogP contribution is 2.33. The Labute approximate surface area is 202 Å². The van der Waals surface area contributed by atoms with Gasteiger partial charge in [-0.2, -0.15) is 0 Å². The van der Waals surface area contributed by atoms with Crippen LogP contribution >= 0.6 is 11.6 Å². The van der Waals surface area contributed by atoms with Gasteiger partial charge in [-0.15, -0.1) is 0 Å². The fraction of sp³-hybridized carbons (Fsp3) is 0.148. The number of hydrogen-bond donors (Lipinski definition) is 1. The third kappa shape index (κ3) is 4.32. The number of ether oxygens (including phenoxy) is 1. The van der Waals surface area contributed by atoms with Gasteiger partial charge in [0.25, 0.3) is 11.8 Å². The summed E-state index contributed by atoms with van der Waals surface area (Å²) in [7, 11) is 0. The number of imide groups is 1. The standard InChI is InChI=1S/C27H23ClN2O4/c1-15-8-13-21(14-17(15)3)34-27(33)19-9-11-20(12-10-19)29-24-23(28)25(31)30(26(24)32)22-7-5-6-16(2)18(22)4/h5-14,29H,1-4H3. The number of nitrogens with zero attached hydrogens (tertiary/aromatic N) is 1. The lowest BCUT2D eigenvalue weighted by atomic mass is 10.1. The van der Waals surface area contributed by atoms with Crippen LogP contribution in [0.5, 0.6) is 5.75 Å². The number of rotatable bonds is 5. The van der Waals surface area contributed by atoms with Gasteiger partial charge >= 0.3 is 5.97 Å². The molecule has 0 fully saturated rings. The largest absolute Gasteiger partial charge is 0.423 e. The van der Waals surface area contributed by atoms with Crippen molar-refractivity contribution in [3.8, 4) is 5.75 Å². The van der Waals surface area contributed by atoms with Crippen molar-refractivity contribution in [3.05, 3.63) is 99.2 Å². The number of amides is 2. The van der Waals surface area contributed by atoms with Gasteiger partial charge in [0.15, 0.2) is 0 Å². The van der Waals surface area contributed by atoms with Gasteiger partial charge in [0, 0.05) is 5.69 Å². The van der Waals surface area contributed by atoms with Crippen LogP contribution in [0.2, 0.25) is 0 Å². The molecule has 0 saturated heterocycles. The summed E-state index contributed by atoms with van der Waals surface area (Å²) >= 11 is 6.24. The van der Waals surface area contributed by atoms with Gasteiger partial charge in [0.1, 0.15) is 16.5 Å². The molecule has 1 heterocycles. The lowest BCUT2D eigenvalue weighted by molar-refractivity contribution is -0.120. The first-order chi connectivity index (χ1) is 16.2. The monoisotopic (exact) mass is 474 g/mol. The van der Waals surface area contributed by atoms with Crippen LogP contribution in [0, 0.1) is 27.7 Å². The lowest BCUT2D eigenvalue weighted by Crippen LogP contribution is -2.33. The highest BCUT2D eigenvalue weighted by Gasteiger charge is 2.39. The van der Waals surface area contributed by atoms with Gasteiger partial charge in [-0.3, -0.25) is 9.59 Å². The average molecular weight is 475 g/mol. The van der Waals surface area contributed by atoms with Crippen LogP contribution in [0.1, 0.15) is 32.6 Å². The number of benzene rings is 3. The highest BCUT2D eigenvalue weighted by atomic mass is 35.5. The molecule has 3 aromatic carbocycles. The maximum absolute atomic E-state index is 13.1. The minimum Gasteiger partial charge on any atom is -0.423 e. The number of anilines is 2. The number of aryl methyl sites for hydroxylation is 3. The molecule has 0 aromatic heterocycles. The van der Waals surface area contributed by atoms with E-state index in [-0.39, 0.29) is 10.7 Å². The number of halogens is 1. The summed E-state index contributed by atoms with van der Waals surface area (Å²) in [6.45, 7) is 7.69. The molecule has 0 bridgehead atoms. The van der Waals surface area contributed by atoms with E-state index in [1.807, 2.05) is 45.9 Å². The van der Waals surface area contributed by atoms with Gasteiger partial charge in [0.05, 0.1) is 11.3 Å². The molecule has 0 spiro atoms. The van der Waals surface area contributed by atoms with Crippen LogP contribution in [0.4, 0.5) is 11.4 Å². The molecule has 3 aromatic rings. The fourth-order valence-electron chi connectivity index (χ4n) is 3.59. The van der Waals surface area contributed by atoms with Crippen molar-refractivity contribution < 1.29 is 19.1 Å². The predicted octanol–water partition coefficient (Wildman–Crippen LogP) is 5.58. The van der Waals surface area contributed by atoms with E-state index in [1.54, 1.807) is 42.5 Å². The minimum absolute atomic E-state index is 0.0157. The molecule has 1 N–H and O–H groups in total. The second kappa shape index (κ2) is 9.15. The Kier molecular flexibility index (Phi) is 6.26. The zero-order valence-electron chi connectivity index (χ0n) is 19.2. The van der Waals surface area contributed by atoms with E-state index in [0.717, 1.165) is 27.2 Å². The first kappa shape index (κ1) is 23.3.